The number of aliphatic hydroxyl groups is 3. The molecule has 0 spiro atoms. The first-order valence-electron chi connectivity index (χ1n) is 26.8. The van der Waals surface area contributed by atoms with Crippen molar-refractivity contribution < 1.29 is 143 Å². The lowest BCUT2D eigenvalue weighted by Crippen LogP contribution is -2.53. The Morgan fingerprint density at radius 1 is 0.461 bits per heavy atom. The molecule has 0 aromatic carbocycles. The van der Waals surface area contributed by atoms with Crippen LogP contribution in [0.5, 0.6) is 0 Å². The molecule has 3 amide bonds. The van der Waals surface area contributed by atoms with Crippen LogP contribution in [0.15, 0.2) is 37.6 Å². The highest BCUT2D eigenvalue weighted by atomic mass is 31.2. The van der Waals surface area contributed by atoms with Gasteiger partial charge in [-0.05, 0) is 38.5 Å². The van der Waals surface area contributed by atoms with E-state index in [0.717, 1.165) is 0 Å². The Kier molecular flexibility index (Phi) is 39.5. The number of nitrogens with zero attached hydrogens (tertiary/aromatic N) is 6. The third kappa shape index (κ3) is 38.7. The van der Waals surface area contributed by atoms with E-state index in [1.807, 2.05) is 0 Å². The molecule has 17 N–H and O–H groups in total. The zero-order chi connectivity index (χ0) is 65.7. The number of carbonyl (C=O) groups excluding carboxylic acids is 3. The van der Waals surface area contributed by atoms with Crippen molar-refractivity contribution in [2.24, 2.45) is 5.73 Å². The molecule has 0 aliphatic carbocycles. The number of nitrogens with two attached hydrogens (primary N) is 1. The Hall–Kier alpha value is -2.98. The third-order valence-electron chi connectivity index (χ3n) is 11.1. The van der Waals surface area contributed by atoms with Crippen LogP contribution in [-0.4, -0.2) is 228 Å². The van der Waals surface area contributed by atoms with Gasteiger partial charge in [-0.25, -0.2) is 15.0 Å². The van der Waals surface area contributed by atoms with Gasteiger partial charge in [-0.1, -0.05) is 0 Å². The highest BCUT2D eigenvalue weighted by Gasteiger charge is 2.38. The summed E-state index contributed by atoms with van der Waals surface area (Å²) in [6, 6.07) is 0. The molecule has 512 valence electrons. The number of ether oxygens (including phenoxy) is 6. The van der Waals surface area contributed by atoms with Gasteiger partial charge in [0.1, 0.15) is 19.6 Å². The first kappa shape index (κ1) is 80.3. The lowest BCUT2D eigenvalue weighted by Gasteiger charge is -2.29. The van der Waals surface area contributed by atoms with Crippen molar-refractivity contribution in [3.63, 3.8) is 0 Å². The molecule has 0 aliphatic heterocycles. The quantitative estimate of drug-likeness (QED) is 0.0149. The van der Waals surface area contributed by atoms with Gasteiger partial charge in [0, 0.05) is 77.3 Å². The number of hydrogen-bond acceptors (Lipinski definition) is 31. The van der Waals surface area contributed by atoms with Gasteiger partial charge in [0.25, 0.3) is 0 Å². The van der Waals surface area contributed by atoms with Crippen LogP contribution < -0.4 is 21.7 Å². The molecule has 0 saturated carbocycles. The van der Waals surface area contributed by atoms with E-state index < -0.39 is 93.7 Å². The maximum absolute atomic E-state index is 12.6. The van der Waals surface area contributed by atoms with Crippen LogP contribution in [0, 0.1) is 0 Å². The van der Waals surface area contributed by atoms with Crippen LogP contribution in [0.4, 0.5) is 0 Å². The van der Waals surface area contributed by atoms with E-state index in [-0.39, 0.29) is 116 Å². The number of aromatic nitrogens is 6. The topological polar surface area (TPSA) is 572 Å². The number of hydrogen-bond donors (Lipinski definition) is 16. The maximum atomic E-state index is 12.6. The summed E-state index contributed by atoms with van der Waals surface area (Å²) in [5, 5.41) is 38.9. The molecule has 0 radical (unpaired) electrons. The van der Waals surface area contributed by atoms with Crippen LogP contribution in [-0.2, 0) is 123 Å². The predicted molar refractivity (Wildman–Crippen MR) is 305 cm³/mol. The van der Waals surface area contributed by atoms with Crippen molar-refractivity contribution in [1.82, 2.24) is 44.6 Å². The second kappa shape index (κ2) is 43.8. The molecular weight excluding hydrogens is 1320 g/mol. The lowest BCUT2D eigenvalue weighted by molar-refractivity contribution is -0.284. The molecule has 0 saturated heterocycles. The minimum absolute atomic E-state index is 0.0425. The summed E-state index contributed by atoms with van der Waals surface area (Å²) in [6.45, 7) is -0.396. The number of aryl methyl sites for hydroxylation is 3. The minimum Gasteiger partial charge on any atom is -0.380 e. The third-order valence-corrected chi connectivity index (χ3v) is 13.9. The molecule has 46 heteroatoms. The fraction of sp³-hybridized carbons (Fsp3) is 0.721. The van der Waals surface area contributed by atoms with Crippen LogP contribution in [0.1, 0.15) is 55.6 Å². The van der Waals surface area contributed by atoms with Crippen molar-refractivity contribution in [3.05, 3.63) is 54.7 Å². The molecule has 3 aromatic heterocycles. The predicted octanol–water partition coefficient (Wildman–Crippen LogP) is -3.39. The number of nitrogens with one attached hydrogen (secondary N) is 3. The van der Waals surface area contributed by atoms with Crippen LogP contribution in [0.25, 0.3) is 0 Å². The molecule has 0 aliphatic rings. The zero-order valence-corrected chi connectivity index (χ0v) is 53.6. The van der Waals surface area contributed by atoms with Crippen molar-refractivity contribution in [2.75, 3.05) is 98.9 Å². The van der Waals surface area contributed by atoms with E-state index >= 15 is 0 Å². The van der Waals surface area contributed by atoms with Crippen molar-refractivity contribution >= 4 is 68.3 Å². The summed E-state index contributed by atoms with van der Waals surface area (Å²) in [5.74, 6) is -9.40. The Labute approximate surface area is 514 Å². The normalized spacial score (nSPS) is 15.8. The highest BCUT2D eigenvalue weighted by molar-refractivity contribution is 7.40. The van der Waals surface area contributed by atoms with Gasteiger partial charge in [-0.3, -0.25) is 55.2 Å². The molecule has 3 aromatic rings. The maximum Gasteiger partial charge on any atom is 0.331 e. The van der Waals surface area contributed by atoms with E-state index in [9.17, 15) is 43.4 Å². The summed E-state index contributed by atoms with van der Waals surface area (Å²) in [5.41, 5.74) is 7.00. The molecule has 0 fully saturated rings. The van der Waals surface area contributed by atoms with Crippen molar-refractivity contribution in [3.8, 4) is 0 Å². The van der Waals surface area contributed by atoms with Gasteiger partial charge in [-0.2, -0.15) is 0 Å². The molecule has 0 bridgehead atoms. The molecule has 40 nitrogen and oxygen atoms in total. The molecule has 89 heavy (non-hydrogen) atoms. The summed E-state index contributed by atoms with van der Waals surface area (Å²) >= 11 is 0. The van der Waals surface area contributed by atoms with Gasteiger partial charge >= 0.3 is 68.5 Å². The number of amides is 3. The molecule has 3 heterocycles. The van der Waals surface area contributed by atoms with Gasteiger partial charge in [0.15, 0.2) is 0 Å². The number of carbonyl (C=O) groups is 3. The standard InChI is InChI=1S/C43H80N10O30P6/c44-40(28-75-16-7-37(54)45-10-19-72-13-1-4-34-22-51(31-48-34)25-41(57,78-84(60)61)79-85(62)63,29-76-17-8-38(55)46-11-20-73-14-2-5-35-23-52(32-49-35)26-42(58,80-86(64)65)81-87(66)67)30-77-18-9-39(56)47-12-21-74-15-3-6-36-24-53(33-50-36)27-43(59,82-88(68)69)83-89(70)71/h22-24,31-33,57-61,64-65,68-69,85,87,89H,1-21,25-30,44H2,(H,45,54)(H,46,55)(H,47,56)(H,62,63)(H,66,67)(H,70,71). The van der Waals surface area contributed by atoms with Gasteiger partial charge in [0.05, 0.1) is 101 Å². The smallest absolute Gasteiger partial charge is 0.331 e. The van der Waals surface area contributed by atoms with Crippen LogP contribution in [0.2, 0.25) is 0 Å². The van der Waals surface area contributed by atoms with Crippen LogP contribution >= 0.6 is 50.6 Å². The van der Waals surface area contributed by atoms with Crippen molar-refractivity contribution in [1.29, 1.82) is 0 Å². The first-order chi connectivity index (χ1) is 42.2. The van der Waals surface area contributed by atoms with E-state index in [1.165, 1.54) is 51.3 Å². The van der Waals surface area contributed by atoms with E-state index in [2.05, 4.69) is 58.0 Å². The fourth-order valence-corrected chi connectivity index (χ4v) is 9.86. The monoisotopic (exact) mass is 1400 g/mol. The van der Waals surface area contributed by atoms with Crippen molar-refractivity contribution in [2.45, 2.75) is 101 Å². The highest BCUT2D eigenvalue weighted by Crippen LogP contribution is 2.40. The summed E-state index contributed by atoms with van der Waals surface area (Å²) in [6.07, 6.45) is 10.9. The average molecular weight is 1400 g/mol. The molecular formula is C43H80N10O30P6. The fourth-order valence-electron chi connectivity index (χ4n) is 7.46. The Morgan fingerprint density at radius 2 is 0.730 bits per heavy atom. The molecule has 3 rings (SSSR count). The lowest BCUT2D eigenvalue weighted by atomic mass is 10.1. The van der Waals surface area contributed by atoms with E-state index in [4.69, 9.17) is 78.2 Å². The number of imidazole rings is 3. The largest absolute Gasteiger partial charge is 0.380 e. The van der Waals surface area contributed by atoms with Gasteiger partial charge < -0.3 is 123 Å². The first-order valence-corrected chi connectivity index (χ1v) is 34.1. The Bertz CT molecular complexity index is 2300. The van der Waals surface area contributed by atoms with E-state index in [0.29, 0.717) is 75.4 Å². The summed E-state index contributed by atoms with van der Waals surface area (Å²) in [4.78, 5) is 132. The average Bonchev–Trinajstić information content (AvgIpc) is 4.18. The minimum atomic E-state index is -3.72. The molecule has 6 atom stereocenters. The Balaban J connectivity index is 1.36. The van der Waals surface area contributed by atoms with Crippen LogP contribution in [0.3, 0.4) is 0 Å². The number of rotatable bonds is 54. The van der Waals surface area contributed by atoms with Gasteiger partial charge in [0.2, 0.25) is 17.7 Å². The summed E-state index contributed by atoms with van der Waals surface area (Å²) in [7, 11) is -20.5. The SMILES string of the molecule is NC(COCCC(=O)NCCOCCCc1cn(CC(O)(OP(O)O)O[PH](=O)O)cn1)(COCCC(=O)NCCOCCCc1cn(CC(O)(OP(O)O)O[PH](=O)O)cn1)COCCC(=O)NCCOCCCc1cn(CC(O)(OP(O)O)O[PH](=O)O)cn1. The summed E-state index contributed by atoms with van der Waals surface area (Å²) < 4.78 is 97.8. The zero-order valence-electron chi connectivity index (χ0n) is 47.9. The second-order valence-corrected chi connectivity index (χ2v) is 23.1. The second-order valence-electron chi connectivity index (χ2n) is 18.9. The van der Waals surface area contributed by atoms with Gasteiger partial charge in [-0.15, -0.1) is 0 Å². The Morgan fingerprint density at radius 3 is 0.978 bits per heavy atom. The van der Waals surface area contributed by atoms with E-state index in [1.54, 1.807) is 0 Å². The molecule has 6 unspecified atom stereocenters.